The number of halogens is 2. The van der Waals surface area contributed by atoms with E-state index >= 15 is 0 Å². The zero-order valence-corrected chi connectivity index (χ0v) is 13.0. The molecule has 0 unspecified atom stereocenters. The Morgan fingerprint density at radius 3 is 2.96 bits per heavy atom. The van der Waals surface area contributed by atoms with Crippen molar-refractivity contribution in [2.24, 2.45) is 0 Å². The van der Waals surface area contributed by atoms with Crippen LogP contribution in [0.25, 0.3) is 0 Å². The summed E-state index contributed by atoms with van der Waals surface area (Å²) in [6.07, 6.45) is -0.476. The number of benzene rings is 1. The highest BCUT2D eigenvalue weighted by atomic mass is 19.1. The molecule has 128 valence electrons. The molecule has 2 atom stereocenters. The normalized spacial score (nSPS) is 21.2. The number of aromatic nitrogens is 1. The van der Waals surface area contributed by atoms with Crippen molar-refractivity contribution in [3.63, 3.8) is 0 Å². The van der Waals surface area contributed by atoms with E-state index < -0.39 is 23.8 Å². The van der Waals surface area contributed by atoms with Gasteiger partial charge < -0.3 is 14.9 Å². The number of carbonyl (C=O) groups excluding carboxylic acids is 1. The number of aliphatic hydroxyl groups excluding tert-OH is 1. The van der Waals surface area contributed by atoms with Gasteiger partial charge in [0.25, 0.3) is 0 Å². The van der Waals surface area contributed by atoms with E-state index in [0.717, 1.165) is 18.2 Å². The fourth-order valence-corrected chi connectivity index (χ4v) is 2.94. The summed E-state index contributed by atoms with van der Waals surface area (Å²) in [5, 5.41) is 16.1. The van der Waals surface area contributed by atoms with E-state index in [1.165, 1.54) is 0 Å². The molecular formula is C16H17F2N3O3. The first-order valence-corrected chi connectivity index (χ1v) is 7.52. The number of β-amino-alcohol motifs (C(OH)–C–C–N with tert-alkyl or cyclic N) is 1. The average Bonchev–Trinajstić information content (AvgIpc) is 3.07. The summed E-state index contributed by atoms with van der Waals surface area (Å²) in [5.41, 5.74) is 0.136. The molecule has 1 amide bonds. The van der Waals surface area contributed by atoms with Gasteiger partial charge >= 0.3 is 0 Å². The van der Waals surface area contributed by atoms with Gasteiger partial charge in [-0.15, -0.1) is 0 Å². The molecule has 0 radical (unpaired) electrons. The van der Waals surface area contributed by atoms with Gasteiger partial charge in [0.05, 0.1) is 12.6 Å². The first-order chi connectivity index (χ1) is 11.4. The van der Waals surface area contributed by atoms with Gasteiger partial charge in [0.1, 0.15) is 17.4 Å². The molecule has 1 fully saturated rings. The van der Waals surface area contributed by atoms with Crippen molar-refractivity contribution in [3.8, 4) is 0 Å². The lowest BCUT2D eigenvalue weighted by molar-refractivity contribution is -0.117. The number of nitrogens with zero attached hydrogens (tertiary/aromatic N) is 2. The van der Waals surface area contributed by atoms with Crippen molar-refractivity contribution >= 4 is 11.7 Å². The van der Waals surface area contributed by atoms with Crippen molar-refractivity contribution in [1.29, 1.82) is 0 Å². The number of hydrogen-bond donors (Lipinski definition) is 2. The van der Waals surface area contributed by atoms with Gasteiger partial charge in [-0.05, 0) is 31.5 Å². The monoisotopic (exact) mass is 337 g/mol. The number of nitrogens with one attached hydrogen (secondary N) is 1. The predicted molar refractivity (Wildman–Crippen MR) is 81.2 cm³/mol. The average molecular weight is 337 g/mol. The summed E-state index contributed by atoms with van der Waals surface area (Å²) in [4.78, 5) is 13.7. The van der Waals surface area contributed by atoms with Gasteiger partial charge in [-0.2, -0.15) is 0 Å². The van der Waals surface area contributed by atoms with Crippen LogP contribution in [0.2, 0.25) is 0 Å². The summed E-state index contributed by atoms with van der Waals surface area (Å²) in [6, 6.07) is 4.19. The fraction of sp³-hybridized carbons (Fsp3) is 0.375. The Labute approximate surface area is 137 Å². The van der Waals surface area contributed by atoms with E-state index in [1.54, 1.807) is 17.9 Å². The van der Waals surface area contributed by atoms with Crippen molar-refractivity contribution in [2.75, 3.05) is 18.4 Å². The highest BCUT2D eigenvalue weighted by Gasteiger charge is 2.35. The minimum atomic E-state index is -0.709. The lowest BCUT2D eigenvalue weighted by atomic mass is 10.0. The molecule has 8 heteroatoms. The molecule has 1 saturated heterocycles. The smallest absolute Gasteiger partial charge is 0.239 e. The highest BCUT2D eigenvalue weighted by Crippen LogP contribution is 2.33. The molecular weight excluding hydrogens is 320 g/mol. The predicted octanol–water partition coefficient (Wildman–Crippen LogP) is 2.01. The van der Waals surface area contributed by atoms with Crippen molar-refractivity contribution < 1.29 is 23.2 Å². The summed E-state index contributed by atoms with van der Waals surface area (Å²) < 4.78 is 32.3. The zero-order valence-electron chi connectivity index (χ0n) is 13.0. The Hall–Kier alpha value is -2.32. The third-order valence-corrected chi connectivity index (χ3v) is 3.94. The maximum atomic E-state index is 14.0. The molecule has 1 aromatic carbocycles. The maximum Gasteiger partial charge on any atom is 0.239 e. The van der Waals surface area contributed by atoms with Gasteiger partial charge in [-0.3, -0.25) is 9.69 Å². The van der Waals surface area contributed by atoms with Gasteiger partial charge in [0, 0.05) is 24.2 Å². The second-order valence-corrected chi connectivity index (χ2v) is 5.87. The van der Waals surface area contributed by atoms with Gasteiger partial charge in [0.2, 0.25) is 5.91 Å². The van der Waals surface area contributed by atoms with Crippen LogP contribution in [0, 0.1) is 18.6 Å². The van der Waals surface area contributed by atoms with Crippen molar-refractivity contribution in [2.45, 2.75) is 25.5 Å². The van der Waals surface area contributed by atoms with Gasteiger partial charge in [-0.1, -0.05) is 5.16 Å². The van der Waals surface area contributed by atoms with Crippen LogP contribution in [0.4, 0.5) is 14.6 Å². The number of anilines is 1. The number of amides is 1. The second-order valence-electron chi connectivity index (χ2n) is 5.87. The molecule has 1 aliphatic heterocycles. The highest BCUT2D eigenvalue weighted by molar-refractivity contribution is 5.91. The van der Waals surface area contributed by atoms with Crippen LogP contribution >= 0.6 is 0 Å². The van der Waals surface area contributed by atoms with E-state index in [2.05, 4.69) is 10.5 Å². The topological polar surface area (TPSA) is 78.6 Å². The molecule has 1 aliphatic rings. The number of aliphatic hydroxyl groups is 1. The van der Waals surface area contributed by atoms with E-state index in [0.29, 0.717) is 5.76 Å². The molecule has 2 heterocycles. The molecule has 0 aliphatic carbocycles. The van der Waals surface area contributed by atoms with Crippen LogP contribution in [0.5, 0.6) is 0 Å². The molecule has 3 rings (SSSR count). The Kier molecular flexibility index (Phi) is 4.59. The first-order valence-electron chi connectivity index (χ1n) is 7.52. The number of rotatable bonds is 4. The van der Waals surface area contributed by atoms with Crippen molar-refractivity contribution in [3.05, 3.63) is 47.2 Å². The summed E-state index contributed by atoms with van der Waals surface area (Å²) in [7, 11) is 0. The fourth-order valence-electron chi connectivity index (χ4n) is 2.94. The van der Waals surface area contributed by atoms with Crippen LogP contribution in [0.3, 0.4) is 0 Å². The third kappa shape index (κ3) is 3.60. The van der Waals surface area contributed by atoms with Crippen LogP contribution in [0.1, 0.15) is 23.8 Å². The number of aryl methyl sites for hydroxylation is 1. The lowest BCUT2D eigenvalue weighted by Gasteiger charge is -2.24. The largest absolute Gasteiger partial charge is 0.392 e. The van der Waals surface area contributed by atoms with E-state index in [1.807, 2.05) is 0 Å². The molecule has 1 aromatic heterocycles. The summed E-state index contributed by atoms with van der Waals surface area (Å²) in [6.45, 7) is 1.82. The number of carbonyl (C=O) groups is 1. The quantitative estimate of drug-likeness (QED) is 0.892. The standard InChI is InChI=1S/C16H17F2N3O3/c1-9-4-15(20-24-9)19-16(23)8-21-7-11(22)6-14(21)12-5-10(17)2-3-13(12)18/h2-5,11,14,22H,6-8H2,1H3,(H,19,20,23)/t11-,14+/m1/s1. The zero-order chi connectivity index (χ0) is 17.3. The third-order valence-electron chi connectivity index (χ3n) is 3.94. The second kappa shape index (κ2) is 6.66. The summed E-state index contributed by atoms with van der Waals surface area (Å²) in [5.74, 6) is -0.658. The Morgan fingerprint density at radius 2 is 2.25 bits per heavy atom. The molecule has 24 heavy (non-hydrogen) atoms. The SMILES string of the molecule is Cc1cc(NC(=O)CN2C[C@H](O)C[C@H]2c2cc(F)ccc2F)no1. The van der Waals surface area contributed by atoms with E-state index in [9.17, 15) is 18.7 Å². The minimum absolute atomic E-state index is 0.0798. The number of likely N-dealkylation sites (tertiary alicyclic amines) is 1. The Balaban J connectivity index is 1.73. The molecule has 0 saturated carbocycles. The van der Waals surface area contributed by atoms with E-state index in [-0.39, 0.29) is 36.8 Å². The van der Waals surface area contributed by atoms with Crippen LogP contribution in [-0.4, -0.2) is 40.3 Å². The van der Waals surface area contributed by atoms with Crippen LogP contribution in [0.15, 0.2) is 28.8 Å². The molecule has 0 spiro atoms. The van der Waals surface area contributed by atoms with E-state index in [4.69, 9.17) is 4.52 Å². The van der Waals surface area contributed by atoms with Gasteiger partial charge in [-0.25, -0.2) is 8.78 Å². The Bertz CT molecular complexity index is 750. The number of hydrogen-bond acceptors (Lipinski definition) is 5. The molecule has 6 nitrogen and oxygen atoms in total. The maximum absolute atomic E-state index is 14.0. The molecule has 2 aromatic rings. The lowest BCUT2D eigenvalue weighted by Crippen LogP contribution is -2.34. The minimum Gasteiger partial charge on any atom is -0.392 e. The summed E-state index contributed by atoms with van der Waals surface area (Å²) >= 11 is 0. The van der Waals surface area contributed by atoms with Crippen molar-refractivity contribution in [1.82, 2.24) is 10.1 Å². The molecule has 0 bridgehead atoms. The first kappa shape index (κ1) is 16.5. The van der Waals surface area contributed by atoms with Crippen LogP contribution in [-0.2, 0) is 4.79 Å². The Morgan fingerprint density at radius 1 is 1.46 bits per heavy atom. The molecule has 2 N–H and O–H groups in total. The van der Waals surface area contributed by atoms with Gasteiger partial charge in [0.15, 0.2) is 5.82 Å². The van der Waals surface area contributed by atoms with Crippen LogP contribution < -0.4 is 5.32 Å².